The lowest BCUT2D eigenvalue weighted by Gasteiger charge is -2.04. The van der Waals surface area contributed by atoms with Gasteiger partial charge in [0.2, 0.25) is 0 Å². The van der Waals surface area contributed by atoms with E-state index in [4.69, 9.17) is 11.6 Å². The SMILES string of the molecule is O=c1cc(C(F)(F)F)[nH]n1-c1cccc(Cl)c1. The van der Waals surface area contributed by atoms with Crippen LogP contribution < -0.4 is 5.56 Å². The lowest BCUT2D eigenvalue weighted by Crippen LogP contribution is -2.13. The van der Waals surface area contributed by atoms with Crippen molar-refractivity contribution in [2.45, 2.75) is 6.18 Å². The zero-order valence-electron chi connectivity index (χ0n) is 8.25. The maximum atomic E-state index is 12.4. The fraction of sp³-hybridized carbons (Fsp3) is 0.100. The van der Waals surface area contributed by atoms with E-state index in [0.717, 1.165) is 4.68 Å². The molecule has 0 saturated heterocycles. The third-order valence-electron chi connectivity index (χ3n) is 2.09. The molecule has 1 aromatic heterocycles. The summed E-state index contributed by atoms with van der Waals surface area (Å²) >= 11 is 5.69. The first-order valence-electron chi connectivity index (χ1n) is 4.53. The van der Waals surface area contributed by atoms with Gasteiger partial charge in [0.05, 0.1) is 5.69 Å². The maximum absolute atomic E-state index is 12.4. The summed E-state index contributed by atoms with van der Waals surface area (Å²) in [6, 6.07) is 6.46. The lowest BCUT2D eigenvalue weighted by atomic mass is 10.3. The number of hydrogen-bond donors (Lipinski definition) is 1. The van der Waals surface area contributed by atoms with Gasteiger partial charge < -0.3 is 0 Å². The van der Waals surface area contributed by atoms with Gasteiger partial charge in [-0.05, 0) is 18.2 Å². The minimum atomic E-state index is -4.58. The van der Waals surface area contributed by atoms with Crippen LogP contribution >= 0.6 is 11.6 Å². The van der Waals surface area contributed by atoms with E-state index in [1.54, 1.807) is 6.07 Å². The molecule has 1 heterocycles. The highest BCUT2D eigenvalue weighted by Gasteiger charge is 2.33. The summed E-state index contributed by atoms with van der Waals surface area (Å²) in [6.45, 7) is 0. The second kappa shape index (κ2) is 3.96. The van der Waals surface area contributed by atoms with Crippen molar-refractivity contribution in [3.05, 3.63) is 51.4 Å². The molecule has 0 amide bonds. The Labute approximate surface area is 98.4 Å². The van der Waals surface area contributed by atoms with Gasteiger partial charge in [-0.2, -0.15) is 13.2 Å². The van der Waals surface area contributed by atoms with Crippen LogP contribution in [0.15, 0.2) is 35.1 Å². The Morgan fingerprint density at radius 3 is 2.47 bits per heavy atom. The maximum Gasteiger partial charge on any atom is 0.432 e. The van der Waals surface area contributed by atoms with Crippen molar-refractivity contribution in [2.24, 2.45) is 0 Å². The highest BCUT2D eigenvalue weighted by Crippen LogP contribution is 2.26. The molecular formula is C10H6ClF3N2O. The number of rotatable bonds is 1. The molecule has 0 spiro atoms. The minimum Gasteiger partial charge on any atom is -0.286 e. The number of aromatic nitrogens is 2. The molecule has 3 nitrogen and oxygen atoms in total. The number of aromatic amines is 1. The summed E-state index contributed by atoms with van der Waals surface area (Å²) in [5.41, 5.74) is -1.64. The van der Waals surface area contributed by atoms with Gasteiger partial charge in [-0.3, -0.25) is 9.89 Å². The van der Waals surface area contributed by atoms with Crippen molar-refractivity contribution < 1.29 is 13.2 Å². The lowest BCUT2D eigenvalue weighted by molar-refractivity contribution is -0.141. The van der Waals surface area contributed by atoms with Crippen LogP contribution in [0.5, 0.6) is 0 Å². The van der Waals surface area contributed by atoms with Crippen LogP contribution in [0.3, 0.4) is 0 Å². The molecule has 90 valence electrons. The standard InChI is InChI=1S/C10H6ClF3N2O/c11-6-2-1-3-7(4-6)16-9(17)5-8(15-16)10(12,13)14/h1-5,15H. The van der Waals surface area contributed by atoms with Crippen LogP contribution in [0.25, 0.3) is 5.69 Å². The zero-order valence-corrected chi connectivity index (χ0v) is 9.01. The van der Waals surface area contributed by atoms with Gasteiger partial charge in [0.1, 0.15) is 5.69 Å². The average Bonchev–Trinajstić information content (AvgIpc) is 2.60. The van der Waals surface area contributed by atoms with Crippen molar-refractivity contribution in [1.82, 2.24) is 9.78 Å². The molecule has 0 aliphatic carbocycles. The van der Waals surface area contributed by atoms with Crippen LogP contribution in [0.4, 0.5) is 13.2 Å². The Kier molecular flexibility index (Phi) is 2.74. The number of benzene rings is 1. The van der Waals surface area contributed by atoms with Crippen molar-refractivity contribution in [3.63, 3.8) is 0 Å². The molecule has 0 unspecified atom stereocenters. The van der Waals surface area contributed by atoms with E-state index in [2.05, 4.69) is 0 Å². The van der Waals surface area contributed by atoms with Gasteiger partial charge in [0.15, 0.2) is 0 Å². The second-order valence-electron chi connectivity index (χ2n) is 3.32. The second-order valence-corrected chi connectivity index (χ2v) is 3.76. The fourth-order valence-electron chi connectivity index (χ4n) is 1.35. The van der Waals surface area contributed by atoms with Crippen molar-refractivity contribution >= 4 is 11.6 Å². The molecule has 0 atom stereocenters. The van der Waals surface area contributed by atoms with E-state index < -0.39 is 17.4 Å². The molecule has 0 saturated carbocycles. The Bertz CT molecular complexity index is 600. The number of H-pyrrole nitrogens is 1. The number of nitrogens with zero attached hydrogens (tertiary/aromatic N) is 1. The number of nitrogens with one attached hydrogen (secondary N) is 1. The van der Waals surface area contributed by atoms with E-state index in [0.29, 0.717) is 11.1 Å². The summed E-state index contributed by atoms with van der Waals surface area (Å²) in [5.74, 6) is 0. The first-order valence-corrected chi connectivity index (χ1v) is 4.91. The largest absolute Gasteiger partial charge is 0.432 e. The van der Waals surface area contributed by atoms with E-state index >= 15 is 0 Å². The Morgan fingerprint density at radius 2 is 1.94 bits per heavy atom. The van der Waals surface area contributed by atoms with Crippen molar-refractivity contribution in [1.29, 1.82) is 0 Å². The molecule has 17 heavy (non-hydrogen) atoms. The molecule has 2 rings (SSSR count). The molecule has 7 heteroatoms. The topological polar surface area (TPSA) is 37.8 Å². The van der Waals surface area contributed by atoms with Gasteiger partial charge in [0, 0.05) is 11.1 Å². The molecule has 0 radical (unpaired) electrons. The predicted molar refractivity (Wildman–Crippen MR) is 56.4 cm³/mol. The number of halogens is 4. The highest BCUT2D eigenvalue weighted by molar-refractivity contribution is 6.30. The fourth-order valence-corrected chi connectivity index (χ4v) is 1.53. The number of hydrogen-bond acceptors (Lipinski definition) is 1. The minimum absolute atomic E-state index is 0.248. The van der Waals surface area contributed by atoms with Crippen LogP contribution in [0, 0.1) is 0 Å². The van der Waals surface area contributed by atoms with Crippen LogP contribution in [0.1, 0.15) is 5.69 Å². The van der Waals surface area contributed by atoms with Gasteiger partial charge in [-0.25, -0.2) is 4.68 Å². The normalized spacial score (nSPS) is 11.8. The molecule has 0 fully saturated rings. The van der Waals surface area contributed by atoms with Crippen LogP contribution in [0.2, 0.25) is 5.02 Å². The van der Waals surface area contributed by atoms with Crippen molar-refractivity contribution in [2.75, 3.05) is 0 Å². The summed E-state index contributed by atoms with van der Waals surface area (Å²) < 4.78 is 37.9. The third kappa shape index (κ3) is 2.36. The Morgan fingerprint density at radius 1 is 1.24 bits per heavy atom. The van der Waals surface area contributed by atoms with Gasteiger partial charge in [-0.15, -0.1) is 0 Å². The summed E-state index contributed by atoms with van der Waals surface area (Å²) in [6.07, 6.45) is -4.58. The molecule has 0 bridgehead atoms. The molecule has 0 aliphatic heterocycles. The Hall–Kier alpha value is -1.69. The molecule has 1 N–H and O–H groups in total. The van der Waals surface area contributed by atoms with Gasteiger partial charge >= 0.3 is 6.18 Å². The quantitative estimate of drug-likeness (QED) is 0.843. The number of alkyl halides is 3. The molecule has 1 aromatic carbocycles. The van der Waals surface area contributed by atoms with E-state index in [1.807, 2.05) is 5.10 Å². The Balaban J connectivity index is 2.54. The predicted octanol–water partition coefficient (Wildman–Crippen LogP) is 2.84. The highest BCUT2D eigenvalue weighted by atomic mass is 35.5. The average molecular weight is 263 g/mol. The molecule has 2 aromatic rings. The van der Waals surface area contributed by atoms with Gasteiger partial charge in [0.25, 0.3) is 5.56 Å². The first kappa shape index (κ1) is 11.8. The van der Waals surface area contributed by atoms with E-state index in [-0.39, 0.29) is 5.69 Å². The summed E-state index contributed by atoms with van der Waals surface area (Å²) in [5, 5.41) is 2.32. The molecular weight excluding hydrogens is 257 g/mol. The summed E-state index contributed by atoms with van der Waals surface area (Å²) in [4.78, 5) is 11.4. The van der Waals surface area contributed by atoms with Gasteiger partial charge in [-0.1, -0.05) is 17.7 Å². The third-order valence-corrected chi connectivity index (χ3v) is 2.33. The van der Waals surface area contributed by atoms with Crippen LogP contribution in [-0.2, 0) is 6.18 Å². The molecule has 0 aliphatic rings. The van der Waals surface area contributed by atoms with E-state index in [9.17, 15) is 18.0 Å². The van der Waals surface area contributed by atoms with E-state index in [1.165, 1.54) is 18.2 Å². The zero-order chi connectivity index (χ0) is 12.6. The smallest absolute Gasteiger partial charge is 0.286 e. The van der Waals surface area contributed by atoms with Crippen molar-refractivity contribution in [3.8, 4) is 5.69 Å². The summed E-state index contributed by atoms with van der Waals surface area (Å²) in [7, 11) is 0. The first-order chi connectivity index (χ1) is 7.88. The van der Waals surface area contributed by atoms with Crippen LogP contribution in [-0.4, -0.2) is 9.78 Å². The monoisotopic (exact) mass is 262 g/mol.